The fourth-order valence-electron chi connectivity index (χ4n) is 6.46. The third-order valence-corrected chi connectivity index (χ3v) is 8.34. The lowest BCUT2D eigenvalue weighted by molar-refractivity contribution is -0.577. The van der Waals surface area contributed by atoms with Gasteiger partial charge in [0.05, 0.1) is 13.2 Å². The van der Waals surface area contributed by atoms with Crippen LogP contribution in [-0.4, -0.2) is 42.6 Å². The van der Waals surface area contributed by atoms with Gasteiger partial charge in [0.25, 0.3) is 0 Å². The Labute approximate surface area is 207 Å². The largest absolute Gasteiger partial charge is 0.479 e. The van der Waals surface area contributed by atoms with Gasteiger partial charge in [0.15, 0.2) is 24.3 Å². The predicted molar refractivity (Wildman–Crippen MR) is 125 cm³/mol. The van der Waals surface area contributed by atoms with Crippen LogP contribution in [0, 0.1) is 23.7 Å². The second-order valence-corrected chi connectivity index (χ2v) is 10.7. The molecule has 5 aliphatic rings. The molecule has 4 aliphatic heterocycles. The van der Waals surface area contributed by atoms with Crippen molar-refractivity contribution in [3.63, 3.8) is 0 Å². The number of carbonyl (C=O) groups excluding carboxylic acids is 1. The first kappa shape index (κ1) is 25.0. The maximum Gasteiger partial charge on any atom is 0.347 e. The van der Waals surface area contributed by atoms with Gasteiger partial charge in [-0.2, -0.15) is 0 Å². The highest BCUT2D eigenvalue weighted by Crippen LogP contribution is 2.60. The van der Waals surface area contributed by atoms with Crippen LogP contribution in [0.2, 0.25) is 0 Å². The lowest BCUT2D eigenvalue weighted by atomic mass is 9.58. The van der Waals surface area contributed by atoms with Crippen molar-refractivity contribution in [2.75, 3.05) is 6.61 Å². The molecular weight excluding hydrogens is 452 g/mol. The van der Waals surface area contributed by atoms with Crippen LogP contribution in [0.4, 0.5) is 0 Å². The molecular formula is C27H38O8. The molecule has 0 N–H and O–H groups in total. The fourth-order valence-corrected chi connectivity index (χ4v) is 6.46. The Bertz CT molecular complexity index is 922. The van der Waals surface area contributed by atoms with E-state index in [2.05, 4.69) is 13.8 Å². The molecule has 4 heterocycles. The third kappa shape index (κ3) is 4.48. The molecule has 35 heavy (non-hydrogen) atoms. The highest BCUT2D eigenvalue weighted by Gasteiger charge is 2.69. The van der Waals surface area contributed by atoms with Gasteiger partial charge >= 0.3 is 5.97 Å². The molecule has 1 aromatic carbocycles. The number of rotatable bonds is 7. The first-order valence-electron chi connectivity index (χ1n) is 13.0. The molecule has 0 radical (unpaired) electrons. The zero-order valence-corrected chi connectivity index (χ0v) is 21.4. The average Bonchev–Trinajstić information content (AvgIpc) is 3.06. The topological polar surface area (TPSA) is 81.7 Å². The summed E-state index contributed by atoms with van der Waals surface area (Å²) in [4.78, 5) is 24.0. The van der Waals surface area contributed by atoms with E-state index in [9.17, 15) is 4.79 Å². The van der Waals surface area contributed by atoms with Gasteiger partial charge in [0.2, 0.25) is 5.79 Å². The van der Waals surface area contributed by atoms with Crippen molar-refractivity contribution in [2.24, 2.45) is 23.7 Å². The highest BCUT2D eigenvalue weighted by atomic mass is 17.3. The minimum absolute atomic E-state index is 0.110. The van der Waals surface area contributed by atoms with Crippen LogP contribution in [0.25, 0.3) is 0 Å². The summed E-state index contributed by atoms with van der Waals surface area (Å²) in [5.41, 5.74) is 0.337. The molecule has 8 nitrogen and oxygen atoms in total. The monoisotopic (exact) mass is 490 g/mol. The van der Waals surface area contributed by atoms with E-state index in [4.69, 9.17) is 33.5 Å². The Morgan fingerprint density at radius 2 is 2.00 bits per heavy atom. The summed E-state index contributed by atoms with van der Waals surface area (Å²) in [6.07, 6.45) is 2.33. The third-order valence-electron chi connectivity index (χ3n) is 8.34. The molecule has 194 valence electrons. The Hall–Kier alpha value is -1.71. The fraction of sp³-hybridized carbons (Fsp3) is 0.741. The van der Waals surface area contributed by atoms with Crippen LogP contribution in [0.15, 0.2) is 24.3 Å². The van der Waals surface area contributed by atoms with E-state index < -0.39 is 30.1 Å². The van der Waals surface area contributed by atoms with Crippen LogP contribution in [0.3, 0.4) is 0 Å². The number of benzene rings is 1. The summed E-state index contributed by atoms with van der Waals surface area (Å²) < 4.78 is 30.0. The van der Waals surface area contributed by atoms with E-state index in [-0.39, 0.29) is 17.8 Å². The summed E-state index contributed by atoms with van der Waals surface area (Å²) in [6.45, 7) is 10.5. The zero-order chi connectivity index (χ0) is 24.8. The predicted octanol–water partition coefficient (Wildman–Crippen LogP) is 4.74. The molecule has 9 atom stereocenters. The SMILES string of the molecule is CCOC(=O)C(C)Oc1cccc(CO[C@H]2O[C@@H]3O[C@]4(C)CCC5[C@H](C)CCC([C@H]2C)[C@]53OO4)c1. The number of carbonyl (C=O) groups is 1. The Kier molecular flexibility index (Phi) is 6.87. The van der Waals surface area contributed by atoms with Crippen molar-refractivity contribution in [3.05, 3.63) is 29.8 Å². The molecule has 1 saturated carbocycles. The van der Waals surface area contributed by atoms with Crippen LogP contribution < -0.4 is 4.74 Å². The number of hydrogen-bond acceptors (Lipinski definition) is 8. The van der Waals surface area contributed by atoms with E-state index in [1.165, 1.54) is 0 Å². The lowest BCUT2D eigenvalue weighted by Gasteiger charge is -2.60. The summed E-state index contributed by atoms with van der Waals surface area (Å²) in [5.74, 6) is 0.586. The van der Waals surface area contributed by atoms with Crippen LogP contribution in [-0.2, 0) is 40.1 Å². The molecule has 3 unspecified atom stereocenters. The number of esters is 1. The van der Waals surface area contributed by atoms with Gasteiger partial charge in [0, 0.05) is 18.3 Å². The highest BCUT2D eigenvalue weighted by molar-refractivity contribution is 5.74. The van der Waals surface area contributed by atoms with E-state index in [1.54, 1.807) is 13.8 Å². The van der Waals surface area contributed by atoms with Gasteiger partial charge in [0.1, 0.15) is 5.75 Å². The van der Waals surface area contributed by atoms with E-state index >= 15 is 0 Å². The first-order chi connectivity index (χ1) is 16.8. The average molecular weight is 491 g/mol. The molecule has 8 heteroatoms. The van der Waals surface area contributed by atoms with Gasteiger partial charge in [-0.05, 0) is 69.6 Å². The lowest BCUT2D eigenvalue weighted by Crippen LogP contribution is -2.70. The first-order valence-corrected chi connectivity index (χ1v) is 13.0. The van der Waals surface area contributed by atoms with Gasteiger partial charge in [-0.15, -0.1) is 0 Å². The summed E-state index contributed by atoms with van der Waals surface area (Å²) in [7, 11) is 0. The van der Waals surface area contributed by atoms with Gasteiger partial charge in [-0.1, -0.05) is 26.0 Å². The van der Waals surface area contributed by atoms with Crippen LogP contribution in [0.1, 0.15) is 65.9 Å². The van der Waals surface area contributed by atoms with Gasteiger partial charge in [-0.25, -0.2) is 14.6 Å². The second kappa shape index (κ2) is 9.63. The molecule has 2 bridgehead atoms. The molecule has 5 fully saturated rings. The minimum atomic E-state index is -0.802. The van der Waals surface area contributed by atoms with Crippen molar-refractivity contribution in [3.8, 4) is 5.75 Å². The number of ether oxygens (including phenoxy) is 5. The number of hydrogen-bond donors (Lipinski definition) is 0. The van der Waals surface area contributed by atoms with E-state index in [0.29, 0.717) is 30.8 Å². The maximum atomic E-state index is 11.9. The maximum absolute atomic E-state index is 11.9. The zero-order valence-electron chi connectivity index (χ0n) is 21.4. The van der Waals surface area contributed by atoms with Crippen molar-refractivity contribution in [2.45, 2.75) is 97.0 Å². The summed E-state index contributed by atoms with van der Waals surface area (Å²) >= 11 is 0. The normalized spacial score (nSPS) is 40.9. The smallest absolute Gasteiger partial charge is 0.347 e. The van der Waals surface area contributed by atoms with E-state index in [1.807, 2.05) is 31.2 Å². The summed E-state index contributed by atoms with van der Waals surface area (Å²) in [5, 5.41) is 0. The quantitative estimate of drug-likeness (QED) is 0.400. The van der Waals surface area contributed by atoms with Crippen LogP contribution >= 0.6 is 0 Å². The standard InChI is InChI=1S/C27H38O8/c1-6-29-23(28)18(4)31-20-9-7-8-19(14-20)15-30-24-17(3)22-11-10-16(2)21-12-13-26(5)33-25(32-24)27(21,22)35-34-26/h7-9,14,16-18,21-22,24-25H,6,10-13,15H2,1-5H3/t16-,17-,18?,21?,22?,24+,25-,26+,27-/m1/s1. The van der Waals surface area contributed by atoms with Crippen molar-refractivity contribution < 1.29 is 38.3 Å². The van der Waals surface area contributed by atoms with Crippen molar-refractivity contribution >= 4 is 5.97 Å². The van der Waals surface area contributed by atoms with Gasteiger partial charge in [-0.3, -0.25) is 0 Å². The Morgan fingerprint density at radius 1 is 1.17 bits per heavy atom. The van der Waals surface area contributed by atoms with Crippen molar-refractivity contribution in [1.82, 2.24) is 0 Å². The van der Waals surface area contributed by atoms with Crippen molar-refractivity contribution in [1.29, 1.82) is 0 Å². The number of fused-ring (bicyclic) bond motifs is 2. The molecule has 0 aromatic heterocycles. The molecule has 4 saturated heterocycles. The van der Waals surface area contributed by atoms with E-state index in [0.717, 1.165) is 31.2 Å². The molecule has 6 rings (SSSR count). The Morgan fingerprint density at radius 3 is 2.80 bits per heavy atom. The molecule has 1 spiro atoms. The summed E-state index contributed by atoms with van der Waals surface area (Å²) in [6, 6.07) is 7.56. The Balaban J connectivity index is 1.29. The van der Waals surface area contributed by atoms with Gasteiger partial charge < -0.3 is 23.7 Å². The second-order valence-electron chi connectivity index (χ2n) is 10.7. The molecule has 1 aromatic rings. The minimum Gasteiger partial charge on any atom is -0.479 e. The molecule has 1 aliphatic carbocycles. The van der Waals surface area contributed by atoms with Crippen LogP contribution in [0.5, 0.6) is 5.75 Å². The molecule has 0 amide bonds.